The van der Waals surface area contributed by atoms with E-state index in [1.807, 2.05) is 4.90 Å². The Hall–Kier alpha value is -1.64. The number of hydrogen-bond donors (Lipinski definition) is 1. The topological polar surface area (TPSA) is 87.2 Å². The van der Waals surface area contributed by atoms with Gasteiger partial charge in [0.1, 0.15) is 11.8 Å². The Morgan fingerprint density at radius 1 is 1.25 bits per heavy atom. The zero-order chi connectivity index (χ0) is 17.3. The molecule has 0 bridgehead atoms. The summed E-state index contributed by atoms with van der Waals surface area (Å²) in [6.45, 7) is 1.49. The highest BCUT2D eigenvalue weighted by Crippen LogP contribution is 2.32. The highest BCUT2D eigenvalue weighted by atomic mass is 32.2. The van der Waals surface area contributed by atoms with Crippen LogP contribution in [0, 0.1) is 0 Å². The number of carbonyl (C=O) groups is 1. The molecule has 1 aromatic carbocycles. The van der Waals surface area contributed by atoms with Gasteiger partial charge in [-0.25, -0.2) is 8.42 Å². The molecule has 8 heteroatoms. The maximum Gasteiger partial charge on any atom is 0.325 e. The molecule has 1 aliphatic heterocycles. The van der Waals surface area contributed by atoms with Crippen molar-refractivity contribution < 1.29 is 23.1 Å². The maximum absolute atomic E-state index is 12.3. The minimum absolute atomic E-state index is 0.224. The second-order valence-corrected chi connectivity index (χ2v) is 8.41. The van der Waals surface area contributed by atoms with E-state index in [9.17, 15) is 18.3 Å². The highest BCUT2D eigenvalue weighted by Gasteiger charge is 2.42. The molecule has 1 atom stereocenters. The third-order valence-electron chi connectivity index (χ3n) is 4.59. The summed E-state index contributed by atoms with van der Waals surface area (Å²) in [5, 5.41) is 9.43. The molecule has 132 valence electrons. The molecule has 1 aromatic rings. The Morgan fingerprint density at radius 3 is 2.46 bits per heavy atom. The largest absolute Gasteiger partial charge is 0.497 e. The molecule has 1 aliphatic carbocycles. The summed E-state index contributed by atoms with van der Waals surface area (Å²) in [5.74, 6) is -0.338. The Balaban J connectivity index is 1.73. The lowest BCUT2D eigenvalue weighted by Crippen LogP contribution is -2.51. The summed E-state index contributed by atoms with van der Waals surface area (Å²) in [6.07, 6.45) is 1.48. The molecular weight excluding hydrogens is 332 g/mol. The third kappa shape index (κ3) is 3.40. The van der Waals surface area contributed by atoms with Crippen LogP contribution in [0.25, 0.3) is 0 Å². The molecule has 0 spiro atoms. The Morgan fingerprint density at radius 2 is 1.92 bits per heavy atom. The van der Waals surface area contributed by atoms with E-state index in [1.165, 1.54) is 11.4 Å². The van der Waals surface area contributed by atoms with Crippen LogP contribution in [-0.4, -0.2) is 67.2 Å². The molecule has 1 saturated heterocycles. The van der Waals surface area contributed by atoms with E-state index in [0.717, 1.165) is 12.8 Å². The van der Waals surface area contributed by atoms with Crippen LogP contribution in [0.1, 0.15) is 24.4 Å². The molecule has 1 saturated carbocycles. The van der Waals surface area contributed by atoms with Crippen molar-refractivity contribution in [1.29, 1.82) is 0 Å². The molecular formula is C16H22N2O5S. The zero-order valence-corrected chi connectivity index (χ0v) is 14.4. The summed E-state index contributed by atoms with van der Waals surface area (Å²) in [7, 11) is -1.66. The van der Waals surface area contributed by atoms with Crippen LogP contribution in [0.4, 0.5) is 0 Å². The van der Waals surface area contributed by atoms with E-state index in [-0.39, 0.29) is 5.25 Å². The molecule has 1 heterocycles. The summed E-state index contributed by atoms with van der Waals surface area (Å²) in [4.78, 5) is 13.6. The zero-order valence-electron chi connectivity index (χ0n) is 13.6. The molecule has 0 radical (unpaired) electrons. The smallest absolute Gasteiger partial charge is 0.325 e. The van der Waals surface area contributed by atoms with Crippen LogP contribution in [-0.2, 0) is 14.8 Å². The predicted octanol–water partition coefficient (Wildman–Crippen LogP) is 0.931. The number of ether oxygens (including phenoxy) is 1. The van der Waals surface area contributed by atoms with Crippen molar-refractivity contribution in [3.8, 4) is 5.75 Å². The van der Waals surface area contributed by atoms with Crippen molar-refractivity contribution >= 4 is 16.0 Å². The lowest BCUT2D eigenvalue weighted by atomic mass is 10.0. The van der Waals surface area contributed by atoms with E-state index in [2.05, 4.69) is 0 Å². The van der Waals surface area contributed by atoms with Crippen molar-refractivity contribution in [3.05, 3.63) is 29.8 Å². The van der Waals surface area contributed by atoms with E-state index < -0.39 is 22.0 Å². The van der Waals surface area contributed by atoms with E-state index in [1.54, 1.807) is 24.3 Å². The number of nitrogens with zero attached hydrogens (tertiary/aromatic N) is 2. The van der Waals surface area contributed by atoms with Gasteiger partial charge in [-0.1, -0.05) is 12.1 Å². The summed E-state index contributed by atoms with van der Waals surface area (Å²) < 4.78 is 31.2. The number of methoxy groups -OCH3 is 1. The van der Waals surface area contributed by atoms with Crippen molar-refractivity contribution in [3.63, 3.8) is 0 Å². The fraction of sp³-hybridized carbons (Fsp3) is 0.562. The van der Waals surface area contributed by atoms with Gasteiger partial charge in [0.2, 0.25) is 10.0 Å². The number of aliphatic carboxylic acids is 1. The number of rotatable bonds is 6. The van der Waals surface area contributed by atoms with Gasteiger partial charge in [0, 0.05) is 26.2 Å². The molecule has 0 amide bonds. The first-order valence-corrected chi connectivity index (χ1v) is 9.53. The number of carboxylic acids is 1. The number of sulfonamides is 1. The number of piperazine rings is 1. The second kappa shape index (κ2) is 6.70. The Bertz CT molecular complexity index is 709. The SMILES string of the molecule is COc1cccc(C(C(=O)O)N2CCN(S(=O)(=O)C3CC3)CC2)c1. The molecule has 1 N–H and O–H groups in total. The van der Waals surface area contributed by atoms with Crippen molar-refractivity contribution in [2.24, 2.45) is 0 Å². The van der Waals surface area contributed by atoms with Gasteiger partial charge in [0.05, 0.1) is 12.4 Å². The van der Waals surface area contributed by atoms with E-state index in [4.69, 9.17) is 4.74 Å². The van der Waals surface area contributed by atoms with Gasteiger partial charge >= 0.3 is 5.97 Å². The number of hydrogen-bond acceptors (Lipinski definition) is 5. The quantitative estimate of drug-likeness (QED) is 0.818. The molecule has 2 aliphatic rings. The predicted molar refractivity (Wildman–Crippen MR) is 88.5 cm³/mol. The maximum atomic E-state index is 12.3. The number of carboxylic acid groups (broad SMARTS) is 1. The Kier molecular flexibility index (Phi) is 4.80. The first-order valence-electron chi connectivity index (χ1n) is 8.03. The molecule has 24 heavy (non-hydrogen) atoms. The van der Waals surface area contributed by atoms with Crippen molar-refractivity contribution in [1.82, 2.24) is 9.21 Å². The Labute approximate surface area is 141 Å². The van der Waals surface area contributed by atoms with Crippen LogP contribution in [0.15, 0.2) is 24.3 Å². The van der Waals surface area contributed by atoms with Gasteiger partial charge in [-0.05, 0) is 30.5 Å². The monoisotopic (exact) mass is 354 g/mol. The van der Waals surface area contributed by atoms with Crippen LogP contribution < -0.4 is 4.74 Å². The third-order valence-corrected chi connectivity index (χ3v) is 6.99. The van der Waals surface area contributed by atoms with E-state index in [0.29, 0.717) is 37.5 Å². The molecule has 1 unspecified atom stereocenters. The fourth-order valence-electron chi connectivity index (χ4n) is 3.11. The van der Waals surface area contributed by atoms with Crippen LogP contribution in [0.3, 0.4) is 0 Å². The van der Waals surface area contributed by atoms with Gasteiger partial charge in [0.15, 0.2) is 0 Å². The summed E-state index contributed by atoms with van der Waals surface area (Å²) in [5.41, 5.74) is 0.639. The van der Waals surface area contributed by atoms with Gasteiger partial charge in [-0.3, -0.25) is 9.69 Å². The van der Waals surface area contributed by atoms with E-state index >= 15 is 0 Å². The lowest BCUT2D eigenvalue weighted by molar-refractivity contribution is -0.144. The average molecular weight is 354 g/mol. The highest BCUT2D eigenvalue weighted by molar-refractivity contribution is 7.90. The minimum atomic E-state index is -3.19. The average Bonchev–Trinajstić information content (AvgIpc) is 3.41. The normalized spacial score (nSPS) is 21.4. The molecule has 7 nitrogen and oxygen atoms in total. The first-order chi connectivity index (χ1) is 11.4. The summed E-state index contributed by atoms with van der Waals surface area (Å²) >= 11 is 0. The molecule has 3 rings (SSSR count). The van der Waals surface area contributed by atoms with Gasteiger partial charge in [0.25, 0.3) is 0 Å². The second-order valence-electron chi connectivity index (χ2n) is 6.20. The van der Waals surface area contributed by atoms with Crippen molar-refractivity contribution in [2.45, 2.75) is 24.1 Å². The van der Waals surface area contributed by atoms with Gasteiger partial charge in [-0.15, -0.1) is 0 Å². The van der Waals surface area contributed by atoms with Gasteiger partial charge < -0.3 is 9.84 Å². The number of benzene rings is 1. The van der Waals surface area contributed by atoms with Crippen LogP contribution >= 0.6 is 0 Å². The summed E-state index contributed by atoms with van der Waals surface area (Å²) in [6, 6.07) is 6.20. The first kappa shape index (κ1) is 17.2. The lowest BCUT2D eigenvalue weighted by Gasteiger charge is -2.37. The fourth-order valence-corrected chi connectivity index (χ4v) is 4.94. The van der Waals surface area contributed by atoms with Crippen LogP contribution in [0.2, 0.25) is 0 Å². The minimum Gasteiger partial charge on any atom is -0.497 e. The molecule has 0 aromatic heterocycles. The standard InChI is InChI=1S/C16H22N2O5S/c1-23-13-4-2-3-12(11-13)15(16(19)20)17-7-9-18(10-8-17)24(21,22)14-5-6-14/h2-4,11,14-15H,5-10H2,1H3,(H,19,20). The molecule has 2 fully saturated rings. The van der Waals surface area contributed by atoms with Crippen molar-refractivity contribution in [2.75, 3.05) is 33.3 Å². The van der Waals surface area contributed by atoms with Crippen LogP contribution in [0.5, 0.6) is 5.75 Å². The van der Waals surface area contributed by atoms with Gasteiger partial charge in [-0.2, -0.15) is 4.31 Å².